The lowest BCUT2D eigenvalue weighted by atomic mass is 10.0. The van der Waals surface area contributed by atoms with Gasteiger partial charge in [0.25, 0.3) is 0 Å². The number of nitrogens with zero attached hydrogens (tertiary/aromatic N) is 3. The molecule has 1 aliphatic heterocycles. The van der Waals surface area contributed by atoms with Crippen molar-refractivity contribution in [2.75, 3.05) is 19.6 Å². The van der Waals surface area contributed by atoms with Crippen molar-refractivity contribution in [3.63, 3.8) is 0 Å². The third-order valence-electron chi connectivity index (χ3n) is 3.91. The number of aromatic nitrogens is 2. The summed E-state index contributed by atoms with van der Waals surface area (Å²) >= 11 is 0. The largest absolute Gasteiger partial charge is 0.393 e. The first-order chi connectivity index (χ1) is 8.75. The molecule has 2 atom stereocenters. The van der Waals surface area contributed by atoms with E-state index in [4.69, 9.17) is 0 Å². The van der Waals surface area contributed by atoms with Gasteiger partial charge in [-0.3, -0.25) is 4.68 Å². The van der Waals surface area contributed by atoms with E-state index in [0.29, 0.717) is 5.92 Å². The molecular weight excluding hydrogens is 226 g/mol. The van der Waals surface area contributed by atoms with Gasteiger partial charge < -0.3 is 10.0 Å². The van der Waals surface area contributed by atoms with Crippen LogP contribution in [-0.2, 0) is 6.54 Å². The van der Waals surface area contributed by atoms with Crippen LogP contribution in [0.25, 0.3) is 0 Å². The van der Waals surface area contributed by atoms with Gasteiger partial charge in [-0.1, -0.05) is 6.42 Å². The number of likely N-dealkylation sites (tertiary alicyclic amines) is 1. The van der Waals surface area contributed by atoms with Crippen LogP contribution < -0.4 is 0 Å². The third-order valence-corrected chi connectivity index (χ3v) is 3.91. The summed E-state index contributed by atoms with van der Waals surface area (Å²) in [6, 6.07) is 1.97. The van der Waals surface area contributed by atoms with Gasteiger partial charge in [-0.05, 0) is 51.3 Å². The zero-order valence-electron chi connectivity index (χ0n) is 11.3. The Bertz CT molecular complexity index is 324. The first-order valence-corrected chi connectivity index (χ1v) is 7.13. The van der Waals surface area contributed by atoms with Crippen molar-refractivity contribution >= 4 is 0 Å². The zero-order valence-corrected chi connectivity index (χ0v) is 11.3. The van der Waals surface area contributed by atoms with Crippen LogP contribution in [0.4, 0.5) is 0 Å². The molecule has 2 rings (SSSR count). The van der Waals surface area contributed by atoms with Crippen LogP contribution in [0.3, 0.4) is 0 Å². The molecule has 0 saturated carbocycles. The van der Waals surface area contributed by atoms with Gasteiger partial charge in [0.2, 0.25) is 0 Å². The van der Waals surface area contributed by atoms with Crippen LogP contribution in [-0.4, -0.2) is 45.5 Å². The molecule has 1 fully saturated rings. The number of rotatable bonds is 7. The highest BCUT2D eigenvalue weighted by molar-refractivity contribution is 4.79. The molecule has 2 heterocycles. The maximum Gasteiger partial charge on any atom is 0.0552 e. The van der Waals surface area contributed by atoms with Gasteiger partial charge in [-0.15, -0.1) is 0 Å². The van der Waals surface area contributed by atoms with E-state index >= 15 is 0 Å². The van der Waals surface area contributed by atoms with E-state index in [1.807, 2.05) is 30.1 Å². The molecule has 4 nitrogen and oxygen atoms in total. The van der Waals surface area contributed by atoms with Crippen molar-refractivity contribution in [3.8, 4) is 0 Å². The molecule has 1 aromatic rings. The molecule has 18 heavy (non-hydrogen) atoms. The summed E-state index contributed by atoms with van der Waals surface area (Å²) in [5.41, 5.74) is 0. The minimum Gasteiger partial charge on any atom is -0.393 e. The summed E-state index contributed by atoms with van der Waals surface area (Å²) in [5, 5.41) is 13.7. The number of hydrogen-bond acceptors (Lipinski definition) is 3. The first-order valence-electron chi connectivity index (χ1n) is 7.13. The SMILES string of the molecule is CC(O)C1CCN(CCCCCn2cccn2)C1. The van der Waals surface area contributed by atoms with Crippen LogP contribution in [0.15, 0.2) is 18.5 Å². The molecule has 1 aromatic heterocycles. The van der Waals surface area contributed by atoms with E-state index < -0.39 is 0 Å². The van der Waals surface area contributed by atoms with Gasteiger partial charge in [-0.2, -0.15) is 5.10 Å². The summed E-state index contributed by atoms with van der Waals surface area (Å²) in [6.45, 7) is 6.37. The summed E-state index contributed by atoms with van der Waals surface area (Å²) in [7, 11) is 0. The number of aliphatic hydroxyl groups is 1. The minimum absolute atomic E-state index is 0.144. The lowest BCUT2D eigenvalue weighted by Gasteiger charge is -2.17. The second kappa shape index (κ2) is 6.90. The Morgan fingerprint density at radius 1 is 1.33 bits per heavy atom. The second-order valence-corrected chi connectivity index (χ2v) is 5.42. The van der Waals surface area contributed by atoms with E-state index in [0.717, 1.165) is 26.1 Å². The molecular formula is C14H25N3O. The molecule has 1 N–H and O–H groups in total. The molecule has 2 unspecified atom stereocenters. The van der Waals surface area contributed by atoms with Crippen molar-refractivity contribution in [1.29, 1.82) is 0 Å². The third kappa shape index (κ3) is 4.10. The lowest BCUT2D eigenvalue weighted by Crippen LogP contribution is -2.25. The molecule has 1 saturated heterocycles. The molecule has 0 spiro atoms. The summed E-state index contributed by atoms with van der Waals surface area (Å²) in [4.78, 5) is 2.49. The Balaban J connectivity index is 1.51. The molecule has 102 valence electrons. The van der Waals surface area contributed by atoms with Gasteiger partial charge >= 0.3 is 0 Å². The van der Waals surface area contributed by atoms with E-state index in [1.165, 1.54) is 25.8 Å². The summed E-state index contributed by atoms with van der Waals surface area (Å²) < 4.78 is 2.00. The molecule has 1 aliphatic rings. The molecule has 0 aliphatic carbocycles. The predicted octanol–water partition coefficient (Wildman–Crippen LogP) is 1.76. The summed E-state index contributed by atoms with van der Waals surface area (Å²) in [5.74, 6) is 0.495. The highest BCUT2D eigenvalue weighted by Crippen LogP contribution is 2.19. The quantitative estimate of drug-likeness (QED) is 0.751. The Morgan fingerprint density at radius 3 is 2.83 bits per heavy atom. The normalized spacial score (nSPS) is 22.4. The van der Waals surface area contributed by atoms with Crippen molar-refractivity contribution in [3.05, 3.63) is 18.5 Å². The molecule has 4 heteroatoms. The molecule has 0 aromatic carbocycles. The van der Waals surface area contributed by atoms with Crippen molar-refractivity contribution in [1.82, 2.24) is 14.7 Å². The molecule has 0 amide bonds. The lowest BCUT2D eigenvalue weighted by molar-refractivity contribution is 0.127. The highest BCUT2D eigenvalue weighted by Gasteiger charge is 2.25. The highest BCUT2D eigenvalue weighted by atomic mass is 16.3. The van der Waals surface area contributed by atoms with Crippen molar-refractivity contribution in [2.45, 2.75) is 45.3 Å². The fourth-order valence-corrected chi connectivity index (χ4v) is 2.68. The van der Waals surface area contributed by atoms with Gasteiger partial charge in [-0.25, -0.2) is 0 Å². The maximum absolute atomic E-state index is 9.55. The van der Waals surface area contributed by atoms with E-state index in [9.17, 15) is 5.11 Å². The Hall–Kier alpha value is -0.870. The topological polar surface area (TPSA) is 41.3 Å². The number of unbranched alkanes of at least 4 members (excludes halogenated alkanes) is 2. The second-order valence-electron chi connectivity index (χ2n) is 5.42. The predicted molar refractivity (Wildman–Crippen MR) is 72.3 cm³/mol. The number of hydrogen-bond donors (Lipinski definition) is 1. The van der Waals surface area contributed by atoms with Crippen LogP contribution >= 0.6 is 0 Å². The minimum atomic E-state index is -0.144. The van der Waals surface area contributed by atoms with Gasteiger partial charge in [0.1, 0.15) is 0 Å². The first kappa shape index (κ1) is 13.6. The fourth-order valence-electron chi connectivity index (χ4n) is 2.68. The molecule has 0 bridgehead atoms. The standard InChI is InChI=1S/C14H25N3O/c1-13(18)14-6-11-16(12-14)8-3-2-4-9-17-10-5-7-15-17/h5,7,10,13-14,18H,2-4,6,8-9,11-12H2,1H3. The Labute approximate surface area is 110 Å². The van der Waals surface area contributed by atoms with Crippen LogP contribution in [0, 0.1) is 5.92 Å². The zero-order chi connectivity index (χ0) is 12.8. The van der Waals surface area contributed by atoms with E-state index in [2.05, 4.69) is 10.00 Å². The number of aliphatic hydroxyl groups excluding tert-OH is 1. The number of aryl methyl sites for hydroxylation is 1. The Kier molecular flexibility index (Phi) is 5.20. The average Bonchev–Trinajstić information content (AvgIpc) is 2.98. The smallest absolute Gasteiger partial charge is 0.0552 e. The van der Waals surface area contributed by atoms with E-state index in [1.54, 1.807) is 0 Å². The summed E-state index contributed by atoms with van der Waals surface area (Å²) in [6.07, 6.45) is 8.59. The average molecular weight is 251 g/mol. The van der Waals surface area contributed by atoms with E-state index in [-0.39, 0.29) is 6.10 Å². The maximum atomic E-state index is 9.55. The van der Waals surface area contributed by atoms with Crippen molar-refractivity contribution < 1.29 is 5.11 Å². The van der Waals surface area contributed by atoms with Gasteiger partial charge in [0.15, 0.2) is 0 Å². The Morgan fingerprint density at radius 2 is 2.17 bits per heavy atom. The van der Waals surface area contributed by atoms with Crippen molar-refractivity contribution in [2.24, 2.45) is 5.92 Å². The fraction of sp³-hybridized carbons (Fsp3) is 0.786. The van der Waals surface area contributed by atoms with Crippen LogP contribution in [0.5, 0.6) is 0 Å². The monoisotopic (exact) mass is 251 g/mol. The molecule has 0 radical (unpaired) electrons. The van der Waals surface area contributed by atoms with Gasteiger partial charge in [0, 0.05) is 25.5 Å². The van der Waals surface area contributed by atoms with Crippen LogP contribution in [0.2, 0.25) is 0 Å². The van der Waals surface area contributed by atoms with Gasteiger partial charge in [0.05, 0.1) is 6.10 Å². The van der Waals surface area contributed by atoms with Crippen LogP contribution in [0.1, 0.15) is 32.6 Å².